The number of carbonyl (C=O) groups is 1. The normalized spacial score (nSPS) is 31.6. The lowest BCUT2D eigenvalue weighted by Gasteiger charge is -2.30. The van der Waals surface area contributed by atoms with E-state index in [1.165, 1.54) is 19.3 Å². The van der Waals surface area contributed by atoms with E-state index in [9.17, 15) is 4.79 Å². The molecule has 1 saturated carbocycles. The van der Waals surface area contributed by atoms with Gasteiger partial charge in [0, 0.05) is 12.6 Å². The van der Waals surface area contributed by atoms with Gasteiger partial charge in [-0.3, -0.25) is 0 Å². The van der Waals surface area contributed by atoms with Crippen LogP contribution in [0.3, 0.4) is 0 Å². The summed E-state index contributed by atoms with van der Waals surface area (Å²) in [4.78, 5) is 14.3. The molecule has 3 unspecified atom stereocenters. The quantitative estimate of drug-likeness (QED) is 0.748. The molecule has 1 aliphatic heterocycles. The molecule has 0 aromatic carbocycles. The number of rotatable bonds is 2. The number of nitrogens with zero attached hydrogens (tertiary/aromatic N) is 1. The van der Waals surface area contributed by atoms with Gasteiger partial charge in [0.15, 0.2) is 0 Å². The van der Waals surface area contributed by atoms with Crippen LogP contribution >= 0.6 is 0 Å². The molecule has 0 bridgehead atoms. The van der Waals surface area contributed by atoms with Crippen LogP contribution in [-0.4, -0.2) is 29.2 Å². The molecule has 2 fully saturated rings. The van der Waals surface area contributed by atoms with E-state index < -0.39 is 0 Å². The average molecular weight is 253 g/mol. The number of hydrogen-bond donors (Lipinski definition) is 0. The monoisotopic (exact) mass is 253 g/mol. The Morgan fingerprint density at radius 2 is 2.06 bits per heavy atom. The number of fused-ring (bicyclic) bond motifs is 1. The SMILES string of the molecule is CCCC1C2CCCC2CN1C(=O)OC(C)(C)C. The van der Waals surface area contributed by atoms with Crippen LogP contribution in [0.15, 0.2) is 0 Å². The summed E-state index contributed by atoms with van der Waals surface area (Å²) in [6.07, 6.45) is 6.11. The molecule has 1 saturated heterocycles. The summed E-state index contributed by atoms with van der Waals surface area (Å²) in [5.74, 6) is 1.46. The van der Waals surface area contributed by atoms with Gasteiger partial charge < -0.3 is 9.64 Å². The molecule has 3 atom stereocenters. The zero-order chi connectivity index (χ0) is 13.3. The fourth-order valence-corrected chi connectivity index (χ4v) is 3.61. The molecule has 18 heavy (non-hydrogen) atoms. The molecule has 1 amide bonds. The van der Waals surface area contributed by atoms with Crippen LogP contribution in [0.2, 0.25) is 0 Å². The summed E-state index contributed by atoms with van der Waals surface area (Å²) in [5.41, 5.74) is -0.383. The van der Waals surface area contributed by atoms with Crippen LogP contribution in [0.4, 0.5) is 4.79 Å². The third-order valence-electron chi connectivity index (χ3n) is 4.26. The second kappa shape index (κ2) is 5.10. The lowest BCUT2D eigenvalue weighted by molar-refractivity contribution is 0.0193. The Hall–Kier alpha value is -0.730. The maximum Gasteiger partial charge on any atom is 0.410 e. The van der Waals surface area contributed by atoms with Gasteiger partial charge in [-0.1, -0.05) is 19.8 Å². The van der Waals surface area contributed by atoms with E-state index in [1.807, 2.05) is 25.7 Å². The second-order valence-corrected chi connectivity index (χ2v) is 6.84. The minimum absolute atomic E-state index is 0.102. The van der Waals surface area contributed by atoms with Crippen molar-refractivity contribution in [2.24, 2.45) is 11.8 Å². The zero-order valence-electron chi connectivity index (χ0n) is 12.2. The van der Waals surface area contributed by atoms with Crippen molar-refractivity contribution in [1.82, 2.24) is 4.90 Å². The second-order valence-electron chi connectivity index (χ2n) is 6.84. The smallest absolute Gasteiger partial charge is 0.410 e. The highest BCUT2D eigenvalue weighted by Crippen LogP contribution is 2.44. The summed E-state index contributed by atoms with van der Waals surface area (Å²) < 4.78 is 5.55. The largest absolute Gasteiger partial charge is 0.444 e. The van der Waals surface area contributed by atoms with Crippen LogP contribution in [0, 0.1) is 11.8 Å². The molecule has 0 N–H and O–H groups in total. The Bertz CT molecular complexity index is 308. The minimum Gasteiger partial charge on any atom is -0.444 e. The molecular weight excluding hydrogens is 226 g/mol. The fourth-order valence-electron chi connectivity index (χ4n) is 3.61. The van der Waals surface area contributed by atoms with Crippen molar-refractivity contribution in [1.29, 1.82) is 0 Å². The van der Waals surface area contributed by atoms with Crippen LogP contribution in [-0.2, 0) is 4.74 Å². The third kappa shape index (κ3) is 2.81. The van der Waals surface area contributed by atoms with E-state index in [0.29, 0.717) is 6.04 Å². The Labute approximate surface area is 111 Å². The Kier molecular flexibility index (Phi) is 3.88. The lowest BCUT2D eigenvalue weighted by atomic mass is 9.91. The molecule has 3 nitrogen and oxygen atoms in total. The van der Waals surface area contributed by atoms with Crippen LogP contribution in [0.25, 0.3) is 0 Å². The maximum atomic E-state index is 12.3. The predicted molar refractivity (Wildman–Crippen MR) is 72.5 cm³/mol. The lowest BCUT2D eigenvalue weighted by Crippen LogP contribution is -2.41. The maximum absolute atomic E-state index is 12.3. The van der Waals surface area contributed by atoms with E-state index in [-0.39, 0.29) is 11.7 Å². The average Bonchev–Trinajstić information content (AvgIpc) is 2.78. The highest BCUT2D eigenvalue weighted by Gasteiger charge is 2.46. The van der Waals surface area contributed by atoms with Gasteiger partial charge in [-0.15, -0.1) is 0 Å². The molecule has 104 valence electrons. The summed E-state index contributed by atoms with van der Waals surface area (Å²) in [6, 6.07) is 0.428. The van der Waals surface area contributed by atoms with Gasteiger partial charge >= 0.3 is 6.09 Å². The Balaban J connectivity index is 2.05. The summed E-state index contributed by atoms with van der Waals surface area (Å²) in [6.45, 7) is 8.95. The molecule has 0 spiro atoms. The minimum atomic E-state index is -0.383. The molecule has 2 aliphatic rings. The van der Waals surface area contributed by atoms with Gasteiger partial charge in [0.1, 0.15) is 5.60 Å². The number of hydrogen-bond acceptors (Lipinski definition) is 2. The van der Waals surface area contributed by atoms with E-state index in [4.69, 9.17) is 4.74 Å². The van der Waals surface area contributed by atoms with Crippen molar-refractivity contribution in [2.45, 2.75) is 71.4 Å². The number of ether oxygens (including phenoxy) is 1. The first-order valence-corrected chi connectivity index (χ1v) is 7.42. The molecule has 0 radical (unpaired) electrons. The fraction of sp³-hybridized carbons (Fsp3) is 0.933. The zero-order valence-corrected chi connectivity index (χ0v) is 12.2. The van der Waals surface area contributed by atoms with Crippen molar-refractivity contribution in [2.75, 3.05) is 6.54 Å². The number of amides is 1. The van der Waals surface area contributed by atoms with Crippen molar-refractivity contribution < 1.29 is 9.53 Å². The first kappa shape index (κ1) is 13.7. The van der Waals surface area contributed by atoms with Gasteiger partial charge in [0.2, 0.25) is 0 Å². The van der Waals surface area contributed by atoms with Crippen LogP contribution in [0.5, 0.6) is 0 Å². The van der Waals surface area contributed by atoms with E-state index >= 15 is 0 Å². The molecule has 0 aromatic heterocycles. The summed E-state index contributed by atoms with van der Waals surface area (Å²) in [7, 11) is 0. The van der Waals surface area contributed by atoms with E-state index in [1.54, 1.807) is 0 Å². The van der Waals surface area contributed by atoms with E-state index in [0.717, 1.165) is 31.2 Å². The first-order valence-electron chi connectivity index (χ1n) is 7.42. The van der Waals surface area contributed by atoms with Crippen LogP contribution < -0.4 is 0 Å². The standard InChI is InChI=1S/C15H27NO2/c1-5-7-13-12-9-6-8-11(12)10-16(13)14(17)18-15(2,3)4/h11-13H,5-10H2,1-4H3. The molecule has 2 rings (SSSR count). The van der Waals surface area contributed by atoms with Gasteiger partial charge in [-0.05, 0) is 51.9 Å². The molecule has 0 aromatic rings. The van der Waals surface area contributed by atoms with Crippen molar-refractivity contribution >= 4 is 6.09 Å². The van der Waals surface area contributed by atoms with Crippen LogP contribution in [0.1, 0.15) is 59.8 Å². The van der Waals surface area contributed by atoms with Gasteiger partial charge in [0.05, 0.1) is 0 Å². The first-order chi connectivity index (χ1) is 8.42. The Morgan fingerprint density at radius 3 is 2.67 bits per heavy atom. The van der Waals surface area contributed by atoms with Gasteiger partial charge in [0.25, 0.3) is 0 Å². The molecule has 1 aliphatic carbocycles. The van der Waals surface area contributed by atoms with Crippen molar-refractivity contribution in [3.63, 3.8) is 0 Å². The summed E-state index contributed by atoms with van der Waals surface area (Å²) in [5, 5.41) is 0. The topological polar surface area (TPSA) is 29.5 Å². The van der Waals surface area contributed by atoms with Crippen molar-refractivity contribution in [3.05, 3.63) is 0 Å². The van der Waals surface area contributed by atoms with E-state index in [2.05, 4.69) is 6.92 Å². The highest BCUT2D eigenvalue weighted by molar-refractivity contribution is 5.69. The number of likely N-dealkylation sites (tertiary alicyclic amines) is 1. The highest BCUT2D eigenvalue weighted by atomic mass is 16.6. The molecule has 3 heteroatoms. The van der Waals surface area contributed by atoms with Crippen molar-refractivity contribution in [3.8, 4) is 0 Å². The van der Waals surface area contributed by atoms with Gasteiger partial charge in [-0.25, -0.2) is 4.79 Å². The summed E-state index contributed by atoms with van der Waals surface area (Å²) >= 11 is 0. The predicted octanol–water partition coefficient (Wildman–Crippen LogP) is 3.82. The number of carbonyl (C=O) groups excluding carboxylic acids is 1. The molecule has 1 heterocycles. The Morgan fingerprint density at radius 1 is 1.33 bits per heavy atom. The van der Waals surface area contributed by atoms with Gasteiger partial charge in [-0.2, -0.15) is 0 Å². The molecular formula is C15H27NO2. The third-order valence-corrected chi connectivity index (χ3v) is 4.26.